The first-order chi connectivity index (χ1) is 8.15. The first kappa shape index (κ1) is 11.7. The average Bonchev–Trinajstić information content (AvgIpc) is 2.67. The maximum Gasteiger partial charge on any atom is 0.128 e. The first-order valence-corrected chi connectivity index (χ1v) is 5.83. The molecular weight excluding hydrogens is 212 g/mol. The molecule has 0 saturated heterocycles. The fourth-order valence-electron chi connectivity index (χ4n) is 2.04. The van der Waals surface area contributed by atoms with Gasteiger partial charge in [-0.1, -0.05) is 13.0 Å². The van der Waals surface area contributed by atoms with Crippen molar-refractivity contribution in [1.29, 1.82) is 0 Å². The highest BCUT2D eigenvalue weighted by molar-refractivity contribution is 5.68. The second-order valence-electron chi connectivity index (χ2n) is 4.18. The maximum absolute atomic E-state index is 5.42. The van der Waals surface area contributed by atoms with Crippen molar-refractivity contribution < 1.29 is 4.74 Å². The smallest absolute Gasteiger partial charge is 0.128 e. The number of methoxy groups -OCH3 is 1. The van der Waals surface area contributed by atoms with E-state index in [1.54, 1.807) is 7.11 Å². The van der Waals surface area contributed by atoms with Crippen LogP contribution in [0.5, 0.6) is 5.75 Å². The van der Waals surface area contributed by atoms with Crippen LogP contribution < -0.4 is 4.74 Å². The number of nitrogens with zero attached hydrogens (tertiary/aromatic N) is 2. The van der Waals surface area contributed by atoms with Crippen LogP contribution in [0.25, 0.3) is 11.3 Å². The minimum Gasteiger partial charge on any atom is -0.496 e. The Balaban J connectivity index is 2.59. The quantitative estimate of drug-likeness (QED) is 0.810. The van der Waals surface area contributed by atoms with Crippen molar-refractivity contribution in [1.82, 2.24) is 9.78 Å². The maximum atomic E-state index is 5.42. The Bertz CT molecular complexity index is 529. The van der Waals surface area contributed by atoms with E-state index in [1.807, 2.05) is 24.7 Å². The fraction of sp³-hybridized carbons (Fsp3) is 0.357. The molecule has 0 atom stereocenters. The number of aryl methyl sites for hydroxylation is 3. The molecule has 0 unspecified atom stereocenters. The summed E-state index contributed by atoms with van der Waals surface area (Å²) in [5, 5.41) is 4.38. The Kier molecular flexibility index (Phi) is 3.18. The lowest BCUT2D eigenvalue weighted by molar-refractivity contribution is 0.416. The lowest BCUT2D eigenvalue weighted by Gasteiger charge is -2.10. The number of rotatable bonds is 3. The molecule has 0 spiro atoms. The molecule has 1 aromatic carbocycles. The minimum atomic E-state index is 0.894. The number of ether oxygens (including phenoxy) is 1. The second-order valence-corrected chi connectivity index (χ2v) is 4.18. The Morgan fingerprint density at radius 3 is 2.59 bits per heavy atom. The summed E-state index contributed by atoms with van der Waals surface area (Å²) in [5.41, 5.74) is 4.52. The highest BCUT2D eigenvalue weighted by Gasteiger charge is 2.11. The van der Waals surface area contributed by atoms with Crippen molar-refractivity contribution in [3.05, 3.63) is 35.5 Å². The van der Waals surface area contributed by atoms with Crippen molar-refractivity contribution in [2.45, 2.75) is 20.3 Å². The van der Waals surface area contributed by atoms with Gasteiger partial charge in [-0.2, -0.15) is 5.10 Å². The summed E-state index contributed by atoms with van der Waals surface area (Å²) in [6.45, 7) is 4.15. The van der Waals surface area contributed by atoms with E-state index in [1.165, 1.54) is 5.56 Å². The monoisotopic (exact) mass is 230 g/mol. The average molecular weight is 230 g/mol. The van der Waals surface area contributed by atoms with Gasteiger partial charge in [-0.15, -0.1) is 0 Å². The zero-order chi connectivity index (χ0) is 12.4. The van der Waals surface area contributed by atoms with E-state index < -0.39 is 0 Å². The predicted octanol–water partition coefficient (Wildman–Crippen LogP) is 2.97. The number of benzene rings is 1. The highest BCUT2D eigenvalue weighted by Crippen LogP contribution is 2.31. The van der Waals surface area contributed by atoms with Crippen LogP contribution in [0.1, 0.15) is 18.2 Å². The number of hydrogen-bond donors (Lipinski definition) is 0. The third-order valence-electron chi connectivity index (χ3n) is 2.95. The van der Waals surface area contributed by atoms with Crippen molar-refractivity contribution in [2.24, 2.45) is 7.05 Å². The predicted molar refractivity (Wildman–Crippen MR) is 69.3 cm³/mol. The van der Waals surface area contributed by atoms with E-state index in [-0.39, 0.29) is 0 Å². The molecule has 0 aliphatic heterocycles. The standard InChI is InChI=1S/C14H18N2O/c1-5-11-6-7-14(17-4)12(9-11)13-8-10(2)15-16(13)3/h6-9H,5H2,1-4H3. The largest absolute Gasteiger partial charge is 0.496 e. The molecule has 0 aliphatic carbocycles. The third kappa shape index (κ3) is 2.18. The molecule has 0 fully saturated rings. The summed E-state index contributed by atoms with van der Waals surface area (Å²) >= 11 is 0. The molecule has 3 heteroatoms. The van der Waals surface area contributed by atoms with Crippen LogP contribution >= 0.6 is 0 Å². The molecule has 1 heterocycles. The molecule has 3 nitrogen and oxygen atoms in total. The normalized spacial score (nSPS) is 10.6. The SMILES string of the molecule is CCc1ccc(OC)c(-c2cc(C)nn2C)c1. The van der Waals surface area contributed by atoms with E-state index in [0.29, 0.717) is 0 Å². The van der Waals surface area contributed by atoms with Crippen LogP contribution in [-0.2, 0) is 13.5 Å². The van der Waals surface area contributed by atoms with Gasteiger partial charge >= 0.3 is 0 Å². The molecule has 17 heavy (non-hydrogen) atoms. The molecule has 90 valence electrons. The van der Waals surface area contributed by atoms with Gasteiger partial charge in [0.1, 0.15) is 5.75 Å². The summed E-state index contributed by atoms with van der Waals surface area (Å²) < 4.78 is 7.32. The highest BCUT2D eigenvalue weighted by atomic mass is 16.5. The van der Waals surface area contributed by atoms with Crippen molar-refractivity contribution in [3.63, 3.8) is 0 Å². The topological polar surface area (TPSA) is 27.1 Å². The van der Waals surface area contributed by atoms with E-state index in [2.05, 4.69) is 30.2 Å². The van der Waals surface area contributed by atoms with Gasteiger partial charge in [0.15, 0.2) is 0 Å². The third-order valence-corrected chi connectivity index (χ3v) is 2.95. The van der Waals surface area contributed by atoms with Crippen molar-refractivity contribution >= 4 is 0 Å². The summed E-state index contributed by atoms with van der Waals surface area (Å²) in [6.07, 6.45) is 1.02. The molecular formula is C14H18N2O. The summed E-state index contributed by atoms with van der Waals surface area (Å²) in [4.78, 5) is 0. The zero-order valence-electron chi connectivity index (χ0n) is 10.8. The van der Waals surface area contributed by atoms with Gasteiger partial charge in [-0.25, -0.2) is 0 Å². The number of hydrogen-bond acceptors (Lipinski definition) is 2. The molecule has 0 bridgehead atoms. The molecule has 0 radical (unpaired) electrons. The molecule has 0 aliphatic rings. The zero-order valence-corrected chi connectivity index (χ0v) is 10.8. The first-order valence-electron chi connectivity index (χ1n) is 5.83. The van der Waals surface area contributed by atoms with Crippen LogP contribution in [0.4, 0.5) is 0 Å². The van der Waals surface area contributed by atoms with E-state index >= 15 is 0 Å². The molecule has 2 rings (SSSR count). The summed E-state index contributed by atoms with van der Waals surface area (Å²) in [5.74, 6) is 0.894. The molecule has 2 aromatic rings. The van der Waals surface area contributed by atoms with E-state index in [9.17, 15) is 0 Å². The van der Waals surface area contributed by atoms with Crippen LogP contribution in [0.15, 0.2) is 24.3 Å². The second kappa shape index (κ2) is 4.62. The van der Waals surface area contributed by atoms with E-state index in [4.69, 9.17) is 4.74 Å². The van der Waals surface area contributed by atoms with Gasteiger partial charge in [0.2, 0.25) is 0 Å². The van der Waals surface area contributed by atoms with Gasteiger partial charge in [0.05, 0.1) is 18.5 Å². The fourth-order valence-corrected chi connectivity index (χ4v) is 2.04. The van der Waals surface area contributed by atoms with Gasteiger partial charge in [-0.3, -0.25) is 4.68 Å². The molecule has 0 amide bonds. The Hall–Kier alpha value is -1.77. The van der Waals surface area contributed by atoms with Crippen molar-refractivity contribution in [2.75, 3.05) is 7.11 Å². The number of aromatic nitrogens is 2. The lowest BCUT2D eigenvalue weighted by Crippen LogP contribution is -1.97. The molecule has 1 aromatic heterocycles. The van der Waals surface area contributed by atoms with Crippen LogP contribution in [-0.4, -0.2) is 16.9 Å². The van der Waals surface area contributed by atoms with Gasteiger partial charge < -0.3 is 4.74 Å². The van der Waals surface area contributed by atoms with Crippen molar-refractivity contribution in [3.8, 4) is 17.0 Å². The summed E-state index contributed by atoms with van der Waals surface area (Å²) in [6, 6.07) is 8.38. The lowest BCUT2D eigenvalue weighted by atomic mass is 10.0. The Labute approximate surface area is 102 Å². The Morgan fingerprint density at radius 1 is 1.29 bits per heavy atom. The van der Waals surface area contributed by atoms with Gasteiger partial charge in [-0.05, 0) is 37.1 Å². The Morgan fingerprint density at radius 2 is 2.06 bits per heavy atom. The van der Waals surface area contributed by atoms with Crippen LogP contribution in [0, 0.1) is 6.92 Å². The van der Waals surface area contributed by atoms with Crippen LogP contribution in [0.3, 0.4) is 0 Å². The van der Waals surface area contributed by atoms with E-state index in [0.717, 1.165) is 29.1 Å². The molecule has 0 N–H and O–H groups in total. The van der Waals surface area contributed by atoms with Gasteiger partial charge in [0.25, 0.3) is 0 Å². The van der Waals surface area contributed by atoms with Crippen LogP contribution in [0.2, 0.25) is 0 Å². The minimum absolute atomic E-state index is 0.894. The summed E-state index contributed by atoms with van der Waals surface area (Å²) in [7, 11) is 3.66. The molecule has 0 saturated carbocycles. The van der Waals surface area contributed by atoms with Gasteiger partial charge in [0, 0.05) is 12.6 Å².